The SMILES string of the molecule is COc1ccc(CCO)cc1-c1cc(CN2CCN(C)CC2)on1. The van der Waals surface area contributed by atoms with E-state index in [1.807, 2.05) is 24.3 Å². The Balaban J connectivity index is 1.76. The number of methoxy groups -OCH3 is 1. The zero-order chi connectivity index (χ0) is 16.9. The van der Waals surface area contributed by atoms with E-state index >= 15 is 0 Å². The van der Waals surface area contributed by atoms with Crippen molar-refractivity contribution in [2.24, 2.45) is 0 Å². The van der Waals surface area contributed by atoms with Gasteiger partial charge in [-0.2, -0.15) is 0 Å². The molecule has 1 aromatic carbocycles. The standard InChI is InChI=1S/C18H25N3O3/c1-20-6-8-21(9-7-20)13-15-12-17(19-24-15)16-11-14(5-10-22)3-4-18(16)23-2/h3-4,11-12,22H,5-10,13H2,1-2H3. The van der Waals surface area contributed by atoms with Gasteiger partial charge in [0.05, 0.1) is 13.7 Å². The molecule has 0 amide bonds. The predicted octanol–water partition coefficient (Wildman–Crippen LogP) is 1.63. The predicted molar refractivity (Wildman–Crippen MR) is 92.1 cm³/mol. The van der Waals surface area contributed by atoms with E-state index in [1.165, 1.54) is 0 Å². The van der Waals surface area contributed by atoms with Gasteiger partial charge in [0.1, 0.15) is 11.4 Å². The van der Waals surface area contributed by atoms with Gasteiger partial charge < -0.3 is 19.3 Å². The zero-order valence-corrected chi connectivity index (χ0v) is 14.4. The van der Waals surface area contributed by atoms with Crippen LogP contribution in [0.4, 0.5) is 0 Å². The summed E-state index contributed by atoms with van der Waals surface area (Å²) in [4.78, 5) is 4.71. The molecule has 1 saturated heterocycles. The Morgan fingerprint density at radius 3 is 2.71 bits per heavy atom. The van der Waals surface area contributed by atoms with Crippen LogP contribution in [0, 0.1) is 0 Å². The van der Waals surface area contributed by atoms with Gasteiger partial charge >= 0.3 is 0 Å². The third kappa shape index (κ3) is 3.95. The van der Waals surface area contributed by atoms with Crippen molar-refractivity contribution in [3.8, 4) is 17.0 Å². The molecular weight excluding hydrogens is 306 g/mol. The molecule has 0 bridgehead atoms. The average molecular weight is 331 g/mol. The van der Waals surface area contributed by atoms with Crippen molar-refractivity contribution in [1.82, 2.24) is 15.0 Å². The number of aliphatic hydroxyl groups excluding tert-OH is 1. The summed E-state index contributed by atoms with van der Waals surface area (Å²) >= 11 is 0. The van der Waals surface area contributed by atoms with Crippen LogP contribution < -0.4 is 4.74 Å². The number of likely N-dealkylation sites (N-methyl/N-ethyl adjacent to an activating group) is 1. The number of benzene rings is 1. The number of nitrogens with zero attached hydrogens (tertiary/aromatic N) is 3. The van der Waals surface area contributed by atoms with Crippen LogP contribution in [0.3, 0.4) is 0 Å². The smallest absolute Gasteiger partial charge is 0.151 e. The summed E-state index contributed by atoms with van der Waals surface area (Å²) in [5, 5.41) is 13.4. The van der Waals surface area contributed by atoms with Gasteiger partial charge in [-0.25, -0.2) is 0 Å². The van der Waals surface area contributed by atoms with E-state index in [0.717, 1.165) is 61.1 Å². The van der Waals surface area contributed by atoms with Gasteiger partial charge in [-0.3, -0.25) is 4.90 Å². The number of ether oxygens (including phenoxy) is 1. The maximum Gasteiger partial charge on any atom is 0.151 e. The van der Waals surface area contributed by atoms with Crippen LogP contribution in [0.25, 0.3) is 11.3 Å². The summed E-state index contributed by atoms with van der Waals surface area (Å²) < 4.78 is 11.0. The Morgan fingerprint density at radius 2 is 2.00 bits per heavy atom. The van der Waals surface area contributed by atoms with E-state index in [-0.39, 0.29) is 6.61 Å². The number of aromatic nitrogens is 1. The molecule has 0 atom stereocenters. The minimum Gasteiger partial charge on any atom is -0.496 e. The highest BCUT2D eigenvalue weighted by Crippen LogP contribution is 2.31. The third-order valence-corrected chi connectivity index (χ3v) is 4.47. The second-order valence-corrected chi connectivity index (χ2v) is 6.27. The summed E-state index contributed by atoms with van der Waals surface area (Å²) in [5.74, 6) is 1.63. The van der Waals surface area contributed by atoms with Gasteiger partial charge in [0, 0.05) is 44.4 Å². The molecule has 0 radical (unpaired) electrons. The van der Waals surface area contributed by atoms with Crippen LogP contribution in [-0.2, 0) is 13.0 Å². The molecular formula is C18H25N3O3. The van der Waals surface area contributed by atoms with Crippen LogP contribution in [0.5, 0.6) is 5.75 Å². The van der Waals surface area contributed by atoms with Gasteiger partial charge in [-0.05, 0) is 31.2 Å². The van der Waals surface area contributed by atoms with Crippen LogP contribution in [0.2, 0.25) is 0 Å². The molecule has 6 nitrogen and oxygen atoms in total. The lowest BCUT2D eigenvalue weighted by Crippen LogP contribution is -2.43. The van der Waals surface area contributed by atoms with E-state index in [4.69, 9.17) is 14.4 Å². The number of hydrogen-bond acceptors (Lipinski definition) is 6. The zero-order valence-electron chi connectivity index (χ0n) is 14.4. The summed E-state index contributed by atoms with van der Waals surface area (Å²) in [7, 11) is 3.80. The first kappa shape index (κ1) is 17.0. The van der Waals surface area contributed by atoms with Crippen LogP contribution in [-0.4, -0.2) is 67.0 Å². The molecule has 1 aliphatic heterocycles. The number of hydrogen-bond donors (Lipinski definition) is 1. The third-order valence-electron chi connectivity index (χ3n) is 4.47. The monoisotopic (exact) mass is 331 g/mol. The molecule has 1 N–H and O–H groups in total. The first-order valence-corrected chi connectivity index (χ1v) is 8.34. The van der Waals surface area contributed by atoms with Gasteiger partial charge in [-0.1, -0.05) is 11.2 Å². The molecule has 6 heteroatoms. The van der Waals surface area contributed by atoms with Crippen molar-refractivity contribution in [3.05, 3.63) is 35.6 Å². The van der Waals surface area contributed by atoms with E-state index < -0.39 is 0 Å². The number of rotatable bonds is 6. The quantitative estimate of drug-likeness (QED) is 0.868. The minimum absolute atomic E-state index is 0.124. The lowest BCUT2D eigenvalue weighted by Gasteiger charge is -2.31. The molecule has 0 unspecified atom stereocenters. The summed E-state index contributed by atoms with van der Waals surface area (Å²) in [5.41, 5.74) is 2.73. The van der Waals surface area contributed by atoms with E-state index in [9.17, 15) is 0 Å². The normalized spacial score (nSPS) is 16.5. The summed E-state index contributed by atoms with van der Waals surface area (Å²) in [6, 6.07) is 7.87. The highest BCUT2D eigenvalue weighted by molar-refractivity contribution is 5.68. The fourth-order valence-corrected chi connectivity index (χ4v) is 2.98. The Kier molecular flexibility index (Phi) is 5.50. The molecule has 130 valence electrons. The first-order chi connectivity index (χ1) is 11.7. The molecule has 24 heavy (non-hydrogen) atoms. The van der Waals surface area contributed by atoms with Crippen molar-refractivity contribution in [2.45, 2.75) is 13.0 Å². The number of aliphatic hydroxyl groups is 1. The topological polar surface area (TPSA) is 62.0 Å². The maximum atomic E-state index is 9.14. The molecule has 1 fully saturated rings. The van der Waals surface area contributed by atoms with Crippen molar-refractivity contribution < 1.29 is 14.4 Å². The van der Waals surface area contributed by atoms with Crippen molar-refractivity contribution in [3.63, 3.8) is 0 Å². The first-order valence-electron chi connectivity index (χ1n) is 8.34. The van der Waals surface area contributed by atoms with Crippen LogP contribution in [0.1, 0.15) is 11.3 Å². The molecule has 3 rings (SSSR count). The van der Waals surface area contributed by atoms with Crippen molar-refractivity contribution >= 4 is 0 Å². The van der Waals surface area contributed by atoms with Crippen LogP contribution in [0.15, 0.2) is 28.8 Å². The Morgan fingerprint density at radius 1 is 1.21 bits per heavy atom. The maximum absolute atomic E-state index is 9.14. The van der Waals surface area contributed by atoms with Crippen LogP contribution >= 0.6 is 0 Å². The highest BCUT2D eigenvalue weighted by atomic mass is 16.5. The Labute approximate surface area is 142 Å². The van der Waals surface area contributed by atoms with Crippen molar-refractivity contribution in [2.75, 3.05) is 46.9 Å². The molecule has 1 aliphatic rings. The molecule has 0 aliphatic carbocycles. The largest absolute Gasteiger partial charge is 0.496 e. The Bertz CT molecular complexity index is 663. The van der Waals surface area contributed by atoms with Gasteiger partial charge in [-0.15, -0.1) is 0 Å². The fraction of sp³-hybridized carbons (Fsp3) is 0.500. The van der Waals surface area contributed by atoms with Gasteiger partial charge in [0.15, 0.2) is 5.76 Å². The molecule has 0 spiro atoms. The fourth-order valence-electron chi connectivity index (χ4n) is 2.98. The second-order valence-electron chi connectivity index (χ2n) is 6.27. The minimum atomic E-state index is 0.124. The second kappa shape index (κ2) is 7.79. The Hall–Kier alpha value is -1.89. The summed E-state index contributed by atoms with van der Waals surface area (Å²) in [6.45, 7) is 5.15. The highest BCUT2D eigenvalue weighted by Gasteiger charge is 2.17. The van der Waals surface area contributed by atoms with Gasteiger partial charge in [0.25, 0.3) is 0 Å². The lowest BCUT2D eigenvalue weighted by atomic mass is 10.0. The summed E-state index contributed by atoms with van der Waals surface area (Å²) in [6.07, 6.45) is 0.614. The lowest BCUT2D eigenvalue weighted by molar-refractivity contribution is 0.137. The average Bonchev–Trinajstić information content (AvgIpc) is 3.05. The molecule has 0 saturated carbocycles. The van der Waals surface area contributed by atoms with E-state index in [2.05, 4.69) is 22.0 Å². The molecule has 2 heterocycles. The molecule has 2 aromatic rings. The van der Waals surface area contributed by atoms with Crippen molar-refractivity contribution in [1.29, 1.82) is 0 Å². The van der Waals surface area contributed by atoms with E-state index in [0.29, 0.717) is 6.42 Å². The van der Waals surface area contributed by atoms with Gasteiger partial charge in [0.2, 0.25) is 0 Å². The van der Waals surface area contributed by atoms with E-state index in [1.54, 1.807) is 7.11 Å². The number of piperazine rings is 1. The molecule has 1 aromatic heterocycles.